The van der Waals surface area contributed by atoms with E-state index in [2.05, 4.69) is 9.97 Å². The third kappa shape index (κ3) is 2.24. The zero-order valence-electron chi connectivity index (χ0n) is 6.12. The molecule has 0 aliphatic carbocycles. The number of hydrogen-bond donors (Lipinski definition) is 1. The highest BCUT2D eigenvalue weighted by Crippen LogP contribution is 2.06. The second kappa shape index (κ2) is 3.72. The summed E-state index contributed by atoms with van der Waals surface area (Å²) in [5.74, 6) is 0. The van der Waals surface area contributed by atoms with Crippen LogP contribution in [0.4, 0.5) is 0 Å². The van der Waals surface area contributed by atoms with Crippen LogP contribution in [0, 0.1) is 10.1 Å². The van der Waals surface area contributed by atoms with Gasteiger partial charge in [0, 0.05) is 11.1 Å². The van der Waals surface area contributed by atoms with Crippen molar-refractivity contribution in [1.82, 2.24) is 9.97 Å². The lowest BCUT2D eigenvalue weighted by Gasteiger charge is -2.02. The summed E-state index contributed by atoms with van der Waals surface area (Å²) in [4.78, 5) is 16.7. The van der Waals surface area contributed by atoms with Crippen molar-refractivity contribution in [3.63, 3.8) is 0 Å². The van der Waals surface area contributed by atoms with Crippen LogP contribution in [0.2, 0.25) is 0 Å². The summed E-state index contributed by atoms with van der Waals surface area (Å²) >= 11 is 0. The molecular weight excluding hydrogens is 162 g/mol. The summed E-state index contributed by atoms with van der Waals surface area (Å²) in [6.45, 7) is -0.531. The van der Waals surface area contributed by atoms with E-state index in [9.17, 15) is 10.1 Å². The fourth-order valence-corrected chi connectivity index (χ4v) is 0.733. The number of nitrogens with zero attached hydrogens (tertiary/aromatic N) is 3. The summed E-state index contributed by atoms with van der Waals surface area (Å²) in [5, 5.41) is 19.1. The monoisotopic (exact) mass is 169 g/mol. The van der Waals surface area contributed by atoms with E-state index in [0.717, 1.165) is 0 Å². The summed E-state index contributed by atoms with van der Waals surface area (Å²) in [6.07, 6.45) is 1.51. The topological polar surface area (TPSA) is 89.2 Å². The summed E-state index contributed by atoms with van der Waals surface area (Å²) < 4.78 is 0. The molecule has 0 saturated carbocycles. The minimum Gasteiger partial charge on any atom is -0.380 e. The maximum atomic E-state index is 9.99. The lowest BCUT2D eigenvalue weighted by molar-refractivity contribution is -0.491. The van der Waals surface area contributed by atoms with Crippen LogP contribution < -0.4 is 0 Å². The molecule has 6 heteroatoms. The first-order chi connectivity index (χ1) is 5.70. The molecule has 0 aromatic carbocycles. The Morgan fingerprint density at radius 1 is 1.75 bits per heavy atom. The van der Waals surface area contributed by atoms with E-state index in [4.69, 9.17) is 5.11 Å². The van der Waals surface area contributed by atoms with Gasteiger partial charge in [0.1, 0.15) is 6.33 Å². The van der Waals surface area contributed by atoms with Gasteiger partial charge in [-0.15, -0.1) is 0 Å². The minimum atomic E-state index is -1.15. The van der Waals surface area contributed by atoms with Gasteiger partial charge in [0.15, 0.2) is 6.10 Å². The second-order valence-corrected chi connectivity index (χ2v) is 2.17. The number of aliphatic hydroxyl groups excluding tert-OH is 1. The standard InChI is InChI=1S/C6H7N3O3/c10-6(3-9(11)12)5-1-2-7-4-8-5/h1-2,4,6,10H,3H2. The molecule has 6 nitrogen and oxygen atoms in total. The van der Waals surface area contributed by atoms with Gasteiger partial charge in [-0.1, -0.05) is 0 Å². The fraction of sp³-hybridized carbons (Fsp3) is 0.333. The SMILES string of the molecule is O=[N+]([O-])CC(O)c1ccncn1. The Kier molecular flexibility index (Phi) is 2.65. The van der Waals surface area contributed by atoms with Gasteiger partial charge in [-0.2, -0.15) is 0 Å². The fourth-order valence-electron chi connectivity index (χ4n) is 0.733. The lowest BCUT2D eigenvalue weighted by Crippen LogP contribution is -2.12. The van der Waals surface area contributed by atoms with Crippen molar-refractivity contribution in [2.45, 2.75) is 6.10 Å². The second-order valence-electron chi connectivity index (χ2n) is 2.17. The zero-order valence-corrected chi connectivity index (χ0v) is 6.12. The summed E-state index contributed by atoms with van der Waals surface area (Å²) in [5.41, 5.74) is 0.265. The highest BCUT2D eigenvalue weighted by molar-refractivity contribution is 5.01. The summed E-state index contributed by atoms with van der Waals surface area (Å²) in [6, 6.07) is 1.44. The molecule has 64 valence electrons. The highest BCUT2D eigenvalue weighted by Gasteiger charge is 2.14. The first-order valence-corrected chi connectivity index (χ1v) is 3.26. The number of nitro groups is 1. The van der Waals surface area contributed by atoms with E-state index >= 15 is 0 Å². The van der Waals surface area contributed by atoms with Crippen LogP contribution in [0.15, 0.2) is 18.6 Å². The first kappa shape index (κ1) is 8.54. The molecule has 0 spiro atoms. The van der Waals surface area contributed by atoms with Gasteiger partial charge in [0.25, 0.3) is 0 Å². The van der Waals surface area contributed by atoms with Crippen molar-refractivity contribution in [1.29, 1.82) is 0 Å². The van der Waals surface area contributed by atoms with Crippen LogP contribution in [-0.4, -0.2) is 26.5 Å². The molecule has 1 atom stereocenters. The van der Waals surface area contributed by atoms with E-state index in [1.807, 2.05) is 0 Å². The van der Waals surface area contributed by atoms with Crippen molar-refractivity contribution in [2.24, 2.45) is 0 Å². The van der Waals surface area contributed by atoms with Crippen molar-refractivity contribution < 1.29 is 10.0 Å². The molecule has 0 aliphatic heterocycles. The van der Waals surface area contributed by atoms with Crippen LogP contribution in [0.3, 0.4) is 0 Å². The molecular formula is C6H7N3O3. The van der Waals surface area contributed by atoms with E-state index in [0.29, 0.717) is 0 Å². The highest BCUT2D eigenvalue weighted by atomic mass is 16.6. The smallest absolute Gasteiger partial charge is 0.235 e. The average Bonchev–Trinajstić information content (AvgIpc) is 2.05. The first-order valence-electron chi connectivity index (χ1n) is 3.26. The van der Waals surface area contributed by atoms with Gasteiger partial charge in [0.2, 0.25) is 6.54 Å². The third-order valence-electron chi connectivity index (χ3n) is 1.27. The Morgan fingerprint density at radius 2 is 2.50 bits per heavy atom. The molecule has 0 saturated heterocycles. The predicted molar refractivity (Wildman–Crippen MR) is 38.9 cm³/mol. The number of aromatic nitrogens is 2. The molecule has 1 rings (SSSR count). The van der Waals surface area contributed by atoms with Gasteiger partial charge < -0.3 is 5.11 Å². The molecule has 0 bridgehead atoms. The molecule has 1 aromatic rings. The maximum Gasteiger partial charge on any atom is 0.235 e. The van der Waals surface area contributed by atoms with Crippen LogP contribution >= 0.6 is 0 Å². The summed E-state index contributed by atoms with van der Waals surface area (Å²) in [7, 11) is 0. The van der Waals surface area contributed by atoms with E-state index in [1.165, 1.54) is 18.6 Å². The van der Waals surface area contributed by atoms with Crippen molar-refractivity contribution in [3.05, 3.63) is 34.4 Å². The molecule has 0 aliphatic rings. The van der Waals surface area contributed by atoms with Crippen molar-refractivity contribution in [3.8, 4) is 0 Å². The van der Waals surface area contributed by atoms with Gasteiger partial charge in [0.05, 0.1) is 5.69 Å². The van der Waals surface area contributed by atoms with Gasteiger partial charge in [-0.05, 0) is 6.07 Å². The van der Waals surface area contributed by atoms with Crippen molar-refractivity contribution >= 4 is 0 Å². The van der Waals surface area contributed by atoms with Crippen molar-refractivity contribution in [2.75, 3.05) is 6.54 Å². The third-order valence-corrected chi connectivity index (χ3v) is 1.27. The van der Waals surface area contributed by atoms with Crippen LogP contribution in [0.5, 0.6) is 0 Å². The molecule has 1 aromatic heterocycles. The largest absolute Gasteiger partial charge is 0.380 e. The van der Waals surface area contributed by atoms with Gasteiger partial charge in [-0.3, -0.25) is 10.1 Å². The van der Waals surface area contributed by atoms with E-state index in [-0.39, 0.29) is 5.69 Å². The molecule has 0 fully saturated rings. The quantitative estimate of drug-likeness (QED) is 0.499. The van der Waals surface area contributed by atoms with Crippen LogP contribution in [0.1, 0.15) is 11.8 Å². The maximum absolute atomic E-state index is 9.99. The van der Waals surface area contributed by atoms with Gasteiger partial charge >= 0.3 is 0 Å². The lowest BCUT2D eigenvalue weighted by atomic mass is 10.2. The predicted octanol–water partition coefficient (Wildman–Crippen LogP) is -0.213. The minimum absolute atomic E-state index is 0.265. The zero-order chi connectivity index (χ0) is 8.97. The Bertz CT molecular complexity index is 264. The molecule has 0 radical (unpaired) electrons. The molecule has 0 amide bonds. The number of rotatable bonds is 3. The van der Waals surface area contributed by atoms with E-state index in [1.54, 1.807) is 0 Å². The normalized spacial score (nSPS) is 12.4. The van der Waals surface area contributed by atoms with Gasteiger partial charge in [-0.25, -0.2) is 9.97 Å². The molecule has 1 N–H and O–H groups in total. The molecule has 1 heterocycles. The van der Waals surface area contributed by atoms with Crippen LogP contribution in [0.25, 0.3) is 0 Å². The van der Waals surface area contributed by atoms with E-state index < -0.39 is 17.6 Å². The van der Waals surface area contributed by atoms with Crippen LogP contribution in [-0.2, 0) is 0 Å². The Hall–Kier alpha value is -1.56. The Balaban J connectivity index is 2.65. The molecule has 1 unspecified atom stereocenters. The Morgan fingerprint density at radius 3 is 3.00 bits per heavy atom. The average molecular weight is 169 g/mol. The Labute approximate surface area is 68.0 Å². The molecule has 12 heavy (non-hydrogen) atoms. The number of aliphatic hydroxyl groups is 1. The number of hydrogen-bond acceptors (Lipinski definition) is 5.